The van der Waals surface area contributed by atoms with Gasteiger partial charge in [-0.2, -0.15) is 0 Å². The van der Waals surface area contributed by atoms with Crippen LogP contribution in [0.25, 0.3) is 10.9 Å². The summed E-state index contributed by atoms with van der Waals surface area (Å²) in [6, 6.07) is 9.59. The fraction of sp³-hybridized carbons (Fsp3) is 0.308. The zero-order valence-electron chi connectivity index (χ0n) is 9.47. The number of aromatic nitrogens is 1. The third-order valence-electron chi connectivity index (χ3n) is 2.27. The van der Waals surface area contributed by atoms with Crippen molar-refractivity contribution in [2.24, 2.45) is 0 Å². The maximum absolute atomic E-state index is 9.07. The second-order valence-corrected chi connectivity index (χ2v) is 3.96. The average Bonchev–Trinajstić information content (AvgIpc) is 2.28. The third-order valence-corrected chi connectivity index (χ3v) is 2.27. The molecule has 1 N–H and O–H groups in total. The number of fused-ring (bicyclic) bond motifs is 1. The second-order valence-electron chi connectivity index (χ2n) is 3.96. The molecule has 0 unspecified atom stereocenters. The molecule has 1 aromatic carbocycles. The number of rotatable bonds is 3. The molecule has 1 aromatic heterocycles. The summed E-state index contributed by atoms with van der Waals surface area (Å²) in [5.74, 6) is 0.766. The monoisotopic (exact) mass is 217 g/mol. The number of nitrogens with zero attached hydrogens (tertiary/aromatic N) is 1. The molecule has 0 bridgehead atoms. The summed E-state index contributed by atoms with van der Waals surface area (Å²) in [5, 5.41) is 10.1. The van der Waals surface area contributed by atoms with E-state index >= 15 is 0 Å². The lowest BCUT2D eigenvalue weighted by Gasteiger charge is -2.12. The molecule has 0 atom stereocenters. The summed E-state index contributed by atoms with van der Waals surface area (Å²) >= 11 is 0. The van der Waals surface area contributed by atoms with Crippen LogP contribution in [-0.2, 0) is 6.61 Å². The van der Waals surface area contributed by atoms with Crippen molar-refractivity contribution in [1.82, 2.24) is 4.98 Å². The van der Waals surface area contributed by atoms with Gasteiger partial charge in [-0.15, -0.1) is 0 Å². The Labute approximate surface area is 94.7 Å². The zero-order chi connectivity index (χ0) is 11.5. The lowest BCUT2D eigenvalue weighted by molar-refractivity contribution is 0.244. The number of hydrogen-bond donors (Lipinski definition) is 1. The molecule has 0 fully saturated rings. The minimum atomic E-state index is -0.0496. The summed E-state index contributed by atoms with van der Waals surface area (Å²) < 4.78 is 5.68. The van der Waals surface area contributed by atoms with Gasteiger partial charge in [0, 0.05) is 5.39 Å². The zero-order valence-corrected chi connectivity index (χ0v) is 9.47. The van der Waals surface area contributed by atoms with Gasteiger partial charge in [-0.1, -0.05) is 18.2 Å². The first-order valence-electron chi connectivity index (χ1n) is 5.37. The van der Waals surface area contributed by atoms with Crippen molar-refractivity contribution in [3.05, 3.63) is 36.0 Å². The topological polar surface area (TPSA) is 42.4 Å². The third kappa shape index (κ3) is 2.14. The Kier molecular flexibility index (Phi) is 3.06. The normalized spacial score (nSPS) is 11.0. The Balaban J connectivity index is 2.55. The van der Waals surface area contributed by atoms with Crippen molar-refractivity contribution in [2.45, 2.75) is 26.6 Å². The molecule has 0 aliphatic carbocycles. The highest BCUT2D eigenvalue weighted by Crippen LogP contribution is 2.24. The van der Waals surface area contributed by atoms with Crippen LogP contribution in [0.2, 0.25) is 0 Å². The molecular weight excluding hydrogens is 202 g/mol. The quantitative estimate of drug-likeness (QED) is 0.859. The largest absolute Gasteiger partial charge is 0.489 e. The molecule has 1 heterocycles. The van der Waals surface area contributed by atoms with Gasteiger partial charge in [0.1, 0.15) is 11.3 Å². The van der Waals surface area contributed by atoms with Crippen molar-refractivity contribution in [3.8, 4) is 5.75 Å². The Morgan fingerprint density at radius 1 is 1.25 bits per heavy atom. The van der Waals surface area contributed by atoms with Gasteiger partial charge in [-0.05, 0) is 26.0 Å². The summed E-state index contributed by atoms with van der Waals surface area (Å²) in [5.41, 5.74) is 1.47. The fourth-order valence-corrected chi connectivity index (χ4v) is 1.60. The lowest BCUT2D eigenvalue weighted by Crippen LogP contribution is -2.06. The van der Waals surface area contributed by atoms with E-state index in [1.165, 1.54) is 0 Å². The van der Waals surface area contributed by atoms with Crippen LogP contribution in [-0.4, -0.2) is 16.2 Å². The molecular formula is C13H15NO2. The van der Waals surface area contributed by atoms with Crippen molar-refractivity contribution in [1.29, 1.82) is 0 Å². The van der Waals surface area contributed by atoms with E-state index < -0.39 is 0 Å². The number of pyridine rings is 1. The smallest absolute Gasteiger partial charge is 0.145 e. The van der Waals surface area contributed by atoms with Crippen LogP contribution < -0.4 is 4.74 Å². The molecule has 84 valence electrons. The first kappa shape index (κ1) is 10.9. The Morgan fingerprint density at radius 3 is 2.75 bits per heavy atom. The van der Waals surface area contributed by atoms with Crippen LogP contribution in [0.3, 0.4) is 0 Å². The van der Waals surface area contributed by atoms with Gasteiger partial charge in [0.25, 0.3) is 0 Å². The number of hydrogen-bond acceptors (Lipinski definition) is 3. The molecule has 0 radical (unpaired) electrons. The molecule has 0 spiro atoms. The van der Waals surface area contributed by atoms with Crippen LogP contribution in [0.1, 0.15) is 19.5 Å². The highest BCUT2D eigenvalue weighted by atomic mass is 16.5. The highest BCUT2D eigenvalue weighted by molar-refractivity contribution is 5.84. The number of para-hydroxylation sites is 1. The molecule has 2 rings (SSSR count). The number of aliphatic hydroxyl groups excluding tert-OH is 1. The molecule has 0 saturated heterocycles. The van der Waals surface area contributed by atoms with E-state index in [9.17, 15) is 0 Å². The number of ether oxygens (including phenoxy) is 1. The van der Waals surface area contributed by atoms with E-state index in [4.69, 9.17) is 9.84 Å². The average molecular weight is 217 g/mol. The van der Waals surface area contributed by atoms with Crippen molar-refractivity contribution in [2.75, 3.05) is 0 Å². The fourth-order valence-electron chi connectivity index (χ4n) is 1.60. The SMILES string of the molecule is CC(C)Oc1cccc2ccc(CO)nc12. The van der Waals surface area contributed by atoms with Gasteiger partial charge in [-0.3, -0.25) is 0 Å². The van der Waals surface area contributed by atoms with Gasteiger partial charge in [0.15, 0.2) is 0 Å². The van der Waals surface area contributed by atoms with Crippen molar-refractivity contribution >= 4 is 10.9 Å². The highest BCUT2D eigenvalue weighted by Gasteiger charge is 2.06. The molecule has 3 nitrogen and oxygen atoms in total. The molecule has 2 aromatic rings. The summed E-state index contributed by atoms with van der Waals surface area (Å²) in [6.07, 6.45) is 0.116. The van der Waals surface area contributed by atoms with Crippen molar-refractivity contribution < 1.29 is 9.84 Å². The van der Waals surface area contributed by atoms with Crippen molar-refractivity contribution in [3.63, 3.8) is 0 Å². The Bertz CT molecular complexity index is 494. The maximum Gasteiger partial charge on any atom is 0.145 e. The van der Waals surface area contributed by atoms with Crippen LogP contribution in [0.5, 0.6) is 5.75 Å². The summed E-state index contributed by atoms with van der Waals surface area (Å²) in [7, 11) is 0. The Morgan fingerprint density at radius 2 is 2.06 bits per heavy atom. The standard InChI is InChI=1S/C13H15NO2/c1-9(2)16-12-5-3-4-10-6-7-11(8-15)14-13(10)12/h3-7,9,15H,8H2,1-2H3. The molecule has 16 heavy (non-hydrogen) atoms. The van der Waals surface area contributed by atoms with Crippen LogP contribution in [0.4, 0.5) is 0 Å². The van der Waals surface area contributed by atoms with E-state index in [1.54, 1.807) is 0 Å². The minimum Gasteiger partial charge on any atom is -0.489 e. The van der Waals surface area contributed by atoms with E-state index in [-0.39, 0.29) is 12.7 Å². The second kappa shape index (κ2) is 4.49. The summed E-state index contributed by atoms with van der Waals surface area (Å²) in [4.78, 5) is 4.37. The van der Waals surface area contributed by atoms with E-state index in [0.717, 1.165) is 16.7 Å². The van der Waals surface area contributed by atoms with E-state index in [2.05, 4.69) is 4.98 Å². The molecule has 0 aliphatic rings. The number of benzene rings is 1. The van der Waals surface area contributed by atoms with Gasteiger partial charge in [0.2, 0.25) is 0 Å². The van der Waals surface area contributed by atoms with Gasteiger partial charge in [-0.25, -0.2) is 4.98 Å². The first-order chi connectivity index (χ1) is 7.70. The van der Waals surface area contributed by atoms with Crippen LogP contribution >= 0.6 is 0 Å². The lowest BCUT2D eigenvalue weighted by atomic mass is 10.2. The molecule has 0 aliphatic heterocycles. The molecule has 0 amide bonds. The maximum atomic E-state index is 9.07. The molecule has 3 heteroatoms. The molecule has 0 saturated carbocycles. The van der Waals surface area contributed by atoms with E-state index in [0.29, 0.717) is 5.69 Å². The van der Waals surface area contributed by atoms with Gasteiger partial charge in [0.05, 0.1) is 18.4 Å². The van der Waals surface area contributed by atoms with Gasteiger partial charge >= 0.3 is 0 Å². The first-order valence-corrected chi connectivity index (χ1v) is 5.37. The predicted molar refractivity (Wildman–Crippen MR) is 63.4 cm³/mol. The summed E-state index contributed by atoms with van der Waals surface area (Å²) in [6.45, 7) is 3.91. The van der Waals surface area contributed by atoms with Crippen LogP contribution in [0, 0.1) is 0 Å². The van der Waals surface area contributed by atoms with Gasteiger partial charge < -0.3 is 9.84 Å². The van der Waals surface area contributed by atoms with E-state index in [1.807, 2.05) is 44.2 Å². The number of aliphatic hydroxyl groups is 1. The predicted octanol–water partition coefficient (Wildman–Crippen LogP) is 2.51. The van der Waals surface area contributed by atoms with Crippen LogP contribution in [0.15, 0.2) is 30.3 Å². The Hall–Kier alpha value is -1.61. The minimum absolute atomic E-state index is 0.0496.